The number of rotatable bonds is 1. The molecule has 0 spiro atoms. The highest BCUT2D eigenvalue weighted by Gasteiger charge is 2.01. The summed E-state index contributed by atoms with van der Waals surface area (Å²) in [6, 6.07) is 4.19. The Hall–Kier alpha value is -0.490. The van der Waals surface area contributed by atoms with Crippen LogP contribution in [0.2, 0.25) is 5.02 Å². The maximum Gasteiger partial charge on any atom is 0.0443 e. The highest BCUT2D eigenvalue weighted by Crippen LogP contribution is 2.21. The monoisotopic (exact) mass is 168 g/mol. The van der Waals surface area contributed by atoms with Gasteiger partial charge in [0.05, 0.1) is 0 Å². The molecule has 0 saturated heterocycles. The molecule has 0 aliphatic rings. The standard InChI is InChI=1S/C10H13Cl/c1-4-9-8(3)5-7(2)6-10(9)11/h5-6H,4H2,1-3H3. The summed E-state index contributed by atoms with van der Waals surface area (Å²) in [7, 11) is 0. The zero-order valence-electron chi connectivity index (χ0n) is 7.24. The minimum atomic E-state index is 0.907. The lowest BCUT2D eigenvalue weighted by atomic mass is 10.0. The summed E-state index contributed by atoms with van der Waals surface area (Å²) in [4.78, 5) is 0. The predicted octanol–water partition coefficient (Wildman–Crippen LogP) is 3.52. The Morgan fingerprint density at radius 2 is 1.91 bits per heavy atom. The fourth-order valence-corrected chi connectivity index (χ4v) is 1.85. The normalized spacial score (nSPS) is 10.2. The number of hydrogen-bond acceptors (Lipinski definition) is 0. The van der Waals surface area contributed by atoms with E-state index < -0.39 is 0 Å². The van der Waals surface area contributed by atoms with Crippen molar-refractivity contribution in [3.63, 3.8) is 0 Å². The van der Waals surface area contributed by atoms with Crippen molar-refractivity contribution in [2.75, 3.05) is 0 Å². The second-order valence-corrected chi connectivity index (χ2v) is 3.30. The van der Waals surface area contributed by atoms with Gasteiger partial charge in [-0.3, -0.25) is 0 Å². The minimum Gasteiger partial charge on any atom is -0.0840 e. The van der Waals surface area contributed by atoms with Crippen LogP contribution in [0.25, 0.3) is 0 Å². The van der Waals surface area contributed by atoms with Crippen LogP contribution in [0.15, 0.2) is 12.1 Å². The van der Waals surface area contributed by atoms with Gasteiger partial charge in [0.15, 0.2) is 0 Å². The van der Waals surface area contributed by atoms with E-state index in [0.29, 0.717) is 0 Å². The van der Waals surface area contributed by atoms with Crippen molar-refractivity contribution in [3.05, 3.63) is 33.8 Å². The van der Waals surface area contributed by atoms with E-state index in [9.17, 15) is 0 Å². The van der Waals surface area contributed by atoms with Crippen molar-refractivity contribution >= 4 is 11.6 Å². The largest absolute Gasteiger partial charge is 0.0840 e. The Morgan fingerprint density at radius 1 is 1.27 bits per heavy atom. The number of benzene rings is 1. The molecule has 0 aliphatic carbocycles. The first kappa shape index (κ1) is 8.61. The average molecular weight is 169 g/mol. The zero-order valence-corrected chi connectivity index (χ0v) is 8.00. The molecule has 0 heterocycles. The molecular formula is C10H13Cl. The molecule has 1 aromatic carbocycles. The summed E-state index contributed by atoms with van der Waals surface area (Å²) >= 11 is 6.03. The molecule has 1 heteroatoms. The van der Waals surface area contributed by atoms with Crippen LogP contribution in [0, 0.1) is 13.8 Å². The van der Waals surface area contributed by atoms with E-state index in [1.807, 2.05) is 6.07 Å². The van der Waals surface area contributed by atoms with E-state index in [-0.39, 0.29) is 0 Å². The van der Waals surface area contributed by atoms with Crippen molar-refractivity contribution in [2.24, 2.45) is 0 Å². The van der Waals surface area contributed by atoms with Gasteiger partial charge in [-0.1, -0.05) is 24.6 Å². The molecule has 0 saturated carbocycles. The molecular weight excluding hydrogens is 156 g/mol. The van der Waals surface area contributed by atoms with Crippen molar-refractivity contribution in [2.45, 2.75) is 27.2 Å². The van der Waals surface area contributed by atoms with Crippen LogP contribution >= 0.6 is 11.6 Å². The van der Waals surface area contributed by atoms with Gasteiger partial charge in [-0.25, -0.2) is 0 Å². The maximum absolute atomic E-state index is 6.03. The maximum atomic E-state index is 6.03. The lowest BCUT2D eigenvalue weighted by Gasteiger charge is -2.06. The van der Waals surface area contributed by atoms with Crippen molar-refractivity contribution in [1.82, 2.24) is 0 Å². The molecule has 0 radical (unpaired) electrons. The van der Waals surface area contributed by atoms with Gasteiger partial charge in [-0.05, 0) is 43.0 Å². The van der Waals surface area contributed by atoms with Crippen molar-refractivity contribution < 1.29 is 0 Å². The lowest BCUT2D eigenvalue weighted by molar-refractivity contribution is 1.10. The van der Waals surface area contributed by atoms with E-state index in [1.54, 1.807) is 0 Å². The van der Waals surface area contributed by atoms with Crippen LogP contribution in [0.1, 0.15) is 23.6 Å². The second kappa shape index (κ2) is 3.27. The smallest absolute Gasteiger partial charge is 0.0443 e. The molecule has 1 rings (SSSR count). The molecule has 0 N–H and O–H groups in total. The molecule has 0 amide bonds. The van der Waals surface area contributed by atoms with E-state index in [4.69, 9.17) is 11.6 Å². The Labute approximate surface area is 73.2 Å². The zero-order chi connectivity index (χ0) is 8.43. The molecule has 11 heavy (non-hydrogen) atoms. The van der Waals surface area contributed by atoms with Crippen LogP contribution in [0.5, 0.6) is 0 Å². The Bertz CT molecular complexity index is 241. The third-order valence-electron chi connectivity index (χ3n) is 1.92. The average Bonchev–Trinajstić information content (AvgIpc) is 1.85. The predicted molar refractivity (Wildman–Crippen MR) is 50.3 cm³/mol. The highest BCUT2D eigenvalue weighted by molar-refractivity contribution is 6.31. The summed E-state index contributed by atoms with van der Waals surface area (Å²) in [6.45, 7) is 6.31. The van der Waals surface area contributed by atoms with Crippen LogP contribution in [0.3, 0.4) is 0 Å². The molecule has 60 valence electrons. The molecule has 0 aliphatic heterocycles. The summed E-state index contributed by atoms with van der Waals surface area (Å²) in [5.41, 5.74) is 3.82. The molecule has 0 atom stereocenters. The third kappa shape index (κ3) is 1.75. The molecule has 0 bridgehead atoms. The lowest BCUT2D eigenvalue weighted by Crippen LogP contribution is -1.88. The molecule has 0 unspecified atom stereocenters. The number of hydrogen-bond donors (Lipinski definition) is 0. The highest BCUT2D eigenvalue weighted by atomic mass is 35.5. The third-order valence-corrected chi connectivity index (χ3v) is 2.25. The summed E-state index contributed by atoms with van der Waals surface area (Å²) in [5.74, 6) is 0. The topological polar surface area (TPSA) is 0 Å². The Balaban J connectivity index is 3.25. The van der Waals surface area contributed by atoms with Crippen LogP contribution < -0.4 is 0 Å². The summed E-state index contributed by atoms with van der Waals surface area (Å²) in [5, 5.41) is 0.907. The Kier molecular flexibility index (Phi) is 2.56. The Morgan fingerprint density at radius 3 is 2.36 bits per heavy atom. The first-order valence-corrected chi connectivity index (χ1v) is 4.28. The van der Waals surface area contributed by atoms with Gasteiger partial charge in [-0.15, -0.1) is 0 Å². The summed E-state index contributed by atoms with van der Waals surface area (Å²) in [6.07, 6.45) is 1.02. The SMILES string of the molecule is CCc1c(C)cc(C)cc1Cl. The minimum absolute atomic E-state index is 0.907. The van der Waals surface area contributed by atoms with Crippen LogP contribution in [-0.4, -0.2) is 0 Å². The van der Waals surface area contributed by atoms with Gasteiger partial charge in [0.25, 0.3) is 0 Å². The van der Waals surface area contributed by atoms with E-state index in [0.717, 1.165) is 11.4 Å². The van der Waals surface area contributed by atoms with E-state index >= 15 is 0 Å². The quantitative estimate of drug-likeness (QED) is 0.602. The molecule has 1 aromatic rings. The van der Waals surface area contributed by atoms with Gasteiger partial charge >= 0.3 is 0 Å². The second-order valence-electron chi connectivity index (χ2n) is 2.90. The molecule has 0 nitrogen and oxygen atoms in total. The van der Waals surface area contributed by atoms with Gasteiger partial charge in [0.2, 0.25) is 0 Å². The molecule has 0 fully saturated rings. The van der Waals surface area contributed by atoms with Crippen LogP contribution in [-0.2, 0) is 6.42 Å². The van der Waals surface area contributed by atoms with E-state index in [1.165, 1.54) is 16.7 Å². The van der Waals surface area contributed by atoms with Crippen molar-refractivity contribution in [3.8, 4) is 0 Å². The van der Waals surface area contributed by atoms with Crippen molar-refractivity contribution in [1.29, 1.82) is 0 Å². The number of halogens is 1. The van der Waals surface area contributed by atoms with Gasteiger partial charge < -0.3 is 0 Å². The van der Waals surface area contributed by atoms with Gasteiger partial charge in [0, 0.05) is 5.02 Å². The van der Waals surface area contributed by atoms with Crippen LogP contribution in [0.4, 0.5) is 0 Å². The fourth-order valence-electron chi connectivity index (χ4n) is 1.39. The van der Waals surface area contributed by atoms with Gasteiger partial charge in [0.1, 0.15) is 0 Å². The first-order valence-electron chi connectivity index (χ1n) is 3.90. The van der Waals surface area contributed by atoms with E-state index in [2.05, 4.69) is 26.8 Å². The van der Waals surface area contributed by atoms with Gasteiger partial charge in [-0.2, -0.15) is 0 Å². The molecule has 0 aromatic heterocycles. The first-order chi connectivity index (χ1) is 5.15. The number of aryl methyl sites for hydroxylation is 2. The summed E-state index contributed by atoms with van der Waals surface area (Å²) < 4.78 is 0. The fraction of sp³-hybridized carbons (Fsp3) is 0.400.